The van der Waals surface area contributed by atoms with Gasteiger partial charge in [0.15, 0.2) is 5.13 Å². The SMILES string of the molecule is O=C(c1cnccn1)N(CCN1CCOCC1)c1nc2ccc(Br)cc2s1. The Morgan fingerprint density at radius 3 is 2.93 bits per heavy atom. The summed E-state index contributed by atoms with van der Waals surface area (Å²) in [5, 5.41) is 0.673. The van der Waals surface area contributed by atoms with E-state index in [0.29, 0.717) is 17.4 Å². The van der Waals surface area contributed by atoms with Gasteiger partial charge in [0.1, 0.15) is 5.69 Å². The highest BCUT2D eigenvalue weighted by Crippen LogP contribution is 2.31. The van der Waals surface area contributed by atoms with E-state index in [1.54, 1.807) is 11.1 Å². The van der Waals surface area contributed by atoms with Crippen LogP contribution in [0.5, 0.6) is 0 Å². The normalized spacial score (nSPS) is 15.1. The smallest absolute Gasteiger partial charge is 0.280 e. The first-order chi connectivity index (χ1) is 13.2. The topological polar surface area (TPSA) is 71.5 Å². The predicted molar refractivity (Wildman–Crippen MR) is 108 cm³/mol. The molecular weight excluding hydrogens is 430 g/mol. The predicted octanol–water partition coefficient (Wildman–Crippen LogP) is 2.83. The Kier molecular flexibility index (Phi) is 5.72. The molecule has 1 aliphatic heterocycles. The molecule has 1 saturated heterocycles. The summed E-state index contributed by atoms with van der Waals surface area (Å²) < 4.78 is 7.43. The van der Waals surface area contributed by atoms with Gasteiger partial charge in [-0.1, -0.05) is 27.3 Å². The molecule has 9 heteroatoms. The summed E-state index contributed by atoms with van der Waals surface area (Å²) in [5.74, 6) is -0.186. The molecule has 0 radical (unpaired) electrons. The maximum atomic E-state index is 13.1. The maximum Gasteiger partial charge on any atom is 0.280 e. The lowest BCUT2D eigenvalue weighted by Gasteiger charge is -2.29. The van der Waals surface area contributed by atoms with E-state index in [0.717, 1.165) is 47.5 Å². The highest BCUT2D eigenvalue weighted by atomic mass is 79.9. The number of carbonyl (C=O) groups is 1. The van der Waals surface area contributed by atoms with Crippen molar-refractivity contribution in [2.24, 2.45) is 0 Å². The molecule has 0 atom stereocenters. The first kappa shape index (κ1) is 18.4. The number of hydrogen-bond donors (Lipinski definition) is 0. The standard InChI is InChI=1S/C18H18BrN5O2S/c19-13-1-2-14-16(11-13)27-18(22-14)24(6-5-23-7-9-26-10-8-23)17(25)15-12-20-3-4-21-15/h1-4,11-12H,5-10H2. The molecule has 1 fully saturated rings. The van der Waals surface area contributed by atoms with E-state index in [1.807, 2.05) is 18.2 Å². The average Bonchev–Trinajstić information content (AvgIpc) is 3.12. The zero-order valence-electron chi connectivity index (χ0n) is 14.5. The van der Waals surface area contributed by atoms with Crippen molar-refractivity contribution in [1.29, 1.82) is 0 Å². The number of amides is 1. The van der Waals surface area contributed by atoms with E-state index in [4.69, 9.17) is 4.74 Å². The Bertz CT molecular complexity index is 930. The Hall–Kier alpha value is -1.94. The summed E-state index contributed by atoms with van der Waals surface area (Å²) in [6.45, 7) is 4.51. The Morgan fingerprint density at radius 1 is 1.30 bits per heavy atom. The molecule has 140 valence electrons. The van der Waals surface area contributed by atoms with E-state index < -0.39 is 0 Å². The van der Waals surface area contributed by atoms with Crippen LogP contribution >= 0.6 is 27.3 Å². The lowest BCUT2D eigenvalue weighted by Crippen LogP contribution is -2.43. The zero-order valence-corrected chi connectivity index (χ0v) is 16.9. The minimum atomic E-state index is -0.186. The molecule has 0 bridgehead atoms. The lowest BCUT2D eigenvalue weighted by molar-refractivity contribution is 0.0391. The Morgan fingerprint density at radius 2 is 2.15 bits per heavy atom. The summed E-state index contributed by atoms with van der Waals surface area (Å²) in [6, 6.07) is 5.92. The molecule has 0 spiro atoms. The molecule has 1 aliphatic rings. The number of hydrogen-bond acceptors (Lipinski definition) is 7. The average molecular weight is 448 g/mol. The fraction of sp³-hybridized carbons (Fsp3) is 0.333. The van der Waals surface area contributed by atoms with Gasteiger partial charge in [-0.25, -0.2) is 9.97 Å². The molecule has 0 N–H and O–H groups in total. The number of thiazole rings is 1. The fourth-order valence-electron chi connectivity index (χ4n) is 2.90. The summed E-state index contributed by atoms with van der Waals surface area (Å²) in [5.41, 5.74) is 1.20. The van der Waals surface area contributed by atoms with Crippen molar-refractivity contribution in [2.75, 3.05) is 44.3 Å². The molecule has 3 aromatic rings. The largest absolute Gasteiger partial charge is 0.379 e. The van der Waals surface area contributed by atoms with Gasteiger partial charge >= 0.3 is 0 Å². The second kappa shape index (κ2) is 8.39. The number of halogens is 1. The summed E-state index contributed by atoms with van der Waals surface area (Å²) in [7, 11) is 0. The van der Waals surface area contributed by atoms with Crippen LogP contribution in [-0.4, -0.2) is 65.2 Å². The van der Waals surface area contributed by atoms with E-state index in [2.05, 4.69) is 35.8 Å². The first-order valence-corrected chi connectivity index (χ1v) is 10.3. The van der Waals surface area contributed by atoms with Crippen LogP contribution in [0.15, 0.2) is 41.3 Å². The number of ether oxygens (including phenoxy) is 1. The minimum Gasteiger partial charge on any atom is -0.379 e. The van der Waals surface area contributed by atoms with Crippen LogP contribution in [0.2, 0.25) is 0 Å². The van der Waals surface area contributed by atoms with Gasteiger partial charge in [0.25, 0.3) is 5.91 Å². The quantitative estimate of drug-likeness (QED) is 0.598. The van der Waals surface area contributed by atoms with Crippen LogP contribution in [0, 0.1) is 0 Å². The number of aromatic nitrogens is 3. The third-order valence-corrected chi connectivity index (χ3v) is 5.88. The number of morpholine rings is 1. The minimum absolute atomic E-state index is 0.186. The van der Waals surface area contributed by atoms with Gasteiger partial charge < -0.3 is 4.74 Å². The van der Waals surface area contributed by atoms with Crippen molar-refractivity contribution in [3.63, 3.8) is 0 Å². The number of anilines is 1. The van der Waals surface area contributed by atoms with Crippen molar-refractivity contribution in [3.8, 4) is 0 Å². The molecule has 1 amide bonds. The molecule has 1 aromatic carbocycles. The van der Waals surface area contributed by atoms with Gasteiger partial charge in [-0.2, -0.15) is 0 Å². The Balaban J connectivity index is 1.62. The zero-order chi connectivity index (χ0) is 18.6. The van der Waals surface area contributed by atoms with Crippen molar-refractivity contribution in [3.05, 3.63) is 47.0 Å². The van der Waals surface area contributed by atoms with Crippen LogP contribution < -0.4 is 4.90 Å². The number of rotatable bonds is 5. The Labute approximate surface area is 169 Å². The van der Waals surface area contributed by atoms with Crippen LogP contribution in [-0.2, 0) is 4.74 Å². The van der Waals surface area contributed by atoms with Crippen LogP contribution in [0.1, 0.15) is 10.5 Å². The van der Waals surface area contributed by atoms with Crippen molar-refractivity contribution in [2.45, 2.75) is 0 Å². The van der Waals surface area contributed by atoms with Crippen LogP contribution in [0.25, 0.3) is 10.2 Å². The molecule has 2 aromatic heterocycles. The highest BCUT2D eigenvalue weighted by molar-refractivity contribution is 9.10. The molecule has 0 saturated carbocycles. The van der Waals surface area contributed by atoms with E-state index in [1.165, 1.54) is 23.7 Å². The monoisotopic (exact) mass is 447 g/mol. The first-order valence-electron chi connectivity index (χ1n) is 8.65. The van der Waals surface area contributed by atoms with E-state index in [-0.39, 0.29) is 5.91 Å². The molecule has 7 nitrogen and oxygen atoms in total. The molecule has 4 rings (SSSR count). The summed E-state index contributed by atoms with van der Waals surface area (Å²) in [4.78, 5) is 30.0. The van der Waals surface area contributed by atoms with Gasteiger partial charge in [0.05, 0.1) is 29.6 Å². The molecule has 3 heterocycles. The van der Waals surface area contributed by atoms with E-state index in [9.17, 15) is 4.79 Å². The van der Waals surface area contributed by atoms with Gasteiger partial charge in [-0.05, 0) is 18.2 Å². The highest BCUT2D eigenvalue weighted by Gasteiger charge is 2.23. The number of carbonyl (C=O) groups excluding carboxylic acids is 1. The van der Waals surface area contributed by atoms with Gasteiger partial charge in [0, 0.05) is 43.0 Å². The third-order valence-electron chi connectivity index (χ3n) is 4.34. The van der Waals surface area contributed by atoms with Gasteiger partial charge in [-0.3, -0.25) is 19.6 Å². The molecule has 27 heavy (non-hydrogen) atoms. The number of benzene rings is 1. The van der Waals surface area contributed by atoms with E-state index >= 15 is 0 Å². The maximum absolute atomic E-state index is 13.1. The molecule has 0 aliphatic carbocycles. The van der Waals surface area contributed by atoms with Crippen molar-refractivity contribution >= 4 is 48.5 Å². The van der Waals surface area contributed by atoms with Crippen LogP contribution in [0.3, 0.4) is 0 Å². The third kappa shape index (κ3) is 4.32. The van der Waals surface area contributed by atoms with Gasteiger partial charge in [0.2, 0.25) is 0 Å². The molecule has 0 unspecified atom stereocenters. The van der Waals surface area contributed by atoms with Crippen molar-refractivity contribution in [1.82, 2.24) is 19.9 Å². The second-order valence-electron chi connectivity index (χ2n) is 6.11. The summed E-state index contributed by atoms with van der Waals surface area (Å²) >= 11 is 4.99. The fourth-order valence-corrected chi connectivity index (χ4v) is 4.44. The lowest BCUT2D eigenvalue weighted by atomic mass is 10.3. The van der Waals surface area contributed by atoms with Crippen molar-refractivity contribution < 1.29 is 9.53 Å². The number of nitrogens with zero attached hydrogens (tertiary/aromatic N) is 5. The summed E-state index contributed by atoms with van der Waals surface area (Å²) in [6.07, 6.45) is 4.58. The van der Waals surface area contributed by atoms with Crippen LogP contribution in [0.4, 0.5) is 5.13 Å². The number of fused-ring (bicyclic) bond motifs is 1. The second-order valence-corrected chi connectivity index (χ2v) is 8.03. The molecular formula is C18H18BrN5O2S. The van der Waals surface area contributed by atoms with Gasteiger partial charge in [-0.15, -0.1) is 0 Å².